The second kappa shape index (κ2) is 14.5. The molecular formula is C36H45N3O5. The number of ether oxygens (including phenoxy) is 4. The number of amides is 1. The molecular weight excluding hydrogens is 554 g/mol. The molecule has 0 radical (unpaired) electrons. The zero-order valence-electron chi connectivity index (χ0n) is 26.0. The van der Waals surface area contributed by atoms with E-state index in [1.807, 2.05) is 18.2 Å². The van der Waals surface area contributed by atoms with E-state index in [1.165, 1.54) is 11.1 Å². The predicted molar refractivity (Wildman–Crippen MR) is 172 cm³/mol. The number of fused-ring (bicyclic) bond motifs is 1. The van der Waals surface area contributed by atoms with Crippen molar-refractivity contribution in [1.29, 1.82) is 0 Å². The molecule has 44 heavy (non-hydrogen) atoms. The van der Waals surface area contributed by atoms with Gasteiger partial charge in [0.05, 0.1) is 38.1 Å². The minimum atomic E-state index is -0.238. The van der Waals surface area contributed by atoms with E-state index in [4.69, 9.17) is 18.9 Å². The third-order valence-electron chi connectivity index (χ3n) is 9.34. The van der Waals surface area contributed by atoms with Gasteiger partial charge in [-0.15, -0.1) is 0 Å². The molecule has 3 heterocycles. The lowest BCUT2D eigenvalue weighted by Gasteiger charge is -2.38. The summed E-state index contributed by atoms with van der Waals surface area (Å²) in [7, 11) is 3.43. The molecule has 0 aromatic heterocycles. The van der Waals surface area contributed by atoms with Gasteiger partial charge in [0.15, 0.2) is 0 Å². The number of carbonyl (C=O) groups is 1. The van der Waals surface area contributed by atoms with Crippen molar-refractivity contribution in [3.63, 3.8) is 0 Å². The third-order valence-corrected chi connectivity index (χ3v) is 9.34. The Labute approximate surface area is 261 Å². The van der Waals surface area contributed by atoms with E-state index in [1.54, 1.807) is 14.2 Å². The van der Waals surface area contributed by atoms with Gasteiger partial charge in [0.25, 0.3) is 0 Å². The fourth-order valence-electron chi connectivity index (χ4n) is 6.88. The molecule has 1 N–H and O–H groups in total. The normalized spacial score (nSPS) is 23.2. The molecule has 3 aliphatic rings. The number of piperidine rings is 1. The van der Waals surface area contributed by atoms with Crippen molar-refractivity contribution in [1.82, 2.24) is 10.2 Å². The van der Waals surface area contributed by atoms with Gasteiger partial charge in [-0.05, 0) is 60.2 Å². The molecule has 0 spiro atoms. The largest absolute Gasteiger partial charge is 0.497 e. The number of carbonyl (C=O) groups excluding carboxylic acids is 1. The molecule has 0 saturated carbocycles. The first-order chi connectivity index (χ1) is 21.6. The monoisotopic (exact) mass is 599 g/mol. The van der Waals surface area contributed by atoms with Gasteiger partial charge in [-0.25, -0.2) is 0 Å². The molecule has 0 aliphatic carbocycles. The second-order valence-corrected chi connectivity index (χ2v) is 12.1. The number of rotatable bonds is 11. The predicted octanol–water partition coefficient (Wildman–Crippen LogP) is 4.98. The fourth-order valence-corrected chi connectivity index (χ4v) is 6.88. The van der Waals surface area contributed by atoms with Gasteiger partial charge < -0.3 is 34.1 Å². The quantitative estimate of drug-likeness (QED) is 0.312. The first kappa shape index (κ1) is 30.4. The minimum absolute atomic E-state index is 0.0758. The number of likely N-dealkylation sites (tertiary alicyclic amines) is 1. The Hall–Kier alpha value is -3.59. The van der Waals surface area contributed by atoms with E-state index in [0.29, 0.717) is 32.1 Å². The van der Waals surface area contributed by atoms with Crippen molar-refractivity contribution in [2.45, 2.75) is 49.9 Å². The molecule has 3 aromatic carbocycles. The summed E-state index contributed by atoms with van der Waals surface area (Å²) in [5.74, 6) is 2.42. The summed E-state index contributed by atoms with van der Waals surface area (Å²) in [6.07, 6.45) is 2.59. The summed E-state index contributed by atoms with van der Waals surface area (Å²) >= 11 is 0. The zero-order chi connectivity index (χ0) is 30.3. The molecule has 3 aliphatic heterocycles. The number of nitrogens with zero attached hydrogens (tertiary/aromatic N) is 2. The van der Waals surface area contributed by atoms with Crippen LogP contribution in [0, 0.1) is 0 Å². The maximum Gasteiger partial charge on any atom is 0.239 e. The van der Waals surface area contributed by atoms with Crippen LogP contribution in [-0.2, 0) is 20.9 Å². The van der Waals surface area contributed by atoms with E-state index in [0.717, 1.165) is 68.4 Å². The molecule has 6 rings (SSSR count). The highest BCUT2D eigenvalue weighted by atomic mass is 16.5. The summed E-state index contributed by atoms with van der Waals surface area (Å²) in [4.78, 5) is 18.2. The summed E-state index contributed by atoms with van der Waals surface area (Å²) in [5.41, 5.74) is 4.71. The number of anilines is 1. The highest BCUT2D eigenvalue weighted by molar-refractivity contribution is 5.82. The number of hydrogen-bond acceptors (Lipinski definition) is 7. The van der Waals surface area contributed by atoms with E-state index in [2.05, 4.69) is 69.7 Å². The second-order valence-electron chi connectivity index (χ2n) is 12.1. The lowest BCUT2D eigenvalue weighted by molar-refractivity contribution is -0.134. The summed E-state index contributed by atoms with van der Waals surface area (Å²) < 4.78 is 23.3. The van der Waals surface area contributed by atoms with Gasteiger partial charge in [-0.1, -0.05) is 48.5 Å². The van der Waals surface area contributed by atoms with Crippen LogP contribution >= 0.6 is 0 Å². The standard InChI is InChI=1S/C36H45N3O5/c1-41-19-6-16-38-18-20-43-34-14-9-26(21-33(34)38)25-44-35-23-37-32(22-31(35)28-10-12-30(42-2)13-11-28)36(40)39-17-15-29(24-39)27-7-4-3-5-8-27/h3-5,7-14,21,29,31-32,35,37H,6,15-20,22-25H2,1-2H3/t29-,31+,32+,35-/m0/s1. The number of benzene rings is 3. The number of hydrogen-bond donors (Lipinski definition) is 1. The lowest BCUT2D eigenvalue weighted by Crippen LogP contribution is -2.54. The summed E-state index contributed by atoms with van der Waals surface area (Å²) in [6, 6.07) is 24.9. The summed E-state index contributed by atoms with van der Waals surface area (Å²) in [5, 5.41) is 3.56. The number of nitrogens with one attached hydrogen (secondary N) is 1. The van der Waals surface area contributed by atoms with Gasteiger partial charge in [0, 0.05) is 51.7 Å². The van der Waals surface area contributed by atoms with E-state index >= 15 is 0 Å². The van der Waals surface area contributed by atoms with Crippen molar-refractivity contribution in [3.05, 3.63) is 89.5 Å². The van der Waals surface area contributed by atoms with Crippen LogP contribution in [0.3, 0.4) is 0 Å². The van der Waals surface area contributed by atoms with Gasteiger partial charge in [-0.3, -0.25) is 4.79 Å². The first-order valence-electron chi connectivity index (χ1n) is 15.9. The van der Waals surface area contributed by atoms with Crippen LogP contribution in [0.4, 0.5) is 5.69 Å². The molecule has 2 saturated heterocycles. The Balaban J connectivity index is 1.14. The molecule has 4 atom stereocenters. The van der Waals surface area contributed by atoms with Crippen LogP contribution in [-0.4, -0.2) is 83.1 Å². The van der Waals surface area contributed by atoms with Crippen molar-refractivity contribution < 1.29 is 23.7 Å². The average Bonchev–Trinajstić information content (AvgIpc) is 3.58. The maximum absolute atomic E-state index is 13.8. The van der Waals surface area contributed by atoms with Gasteiger partial charge in [-0.2, -0.15) is 0 Å². The average molecular weight is 600 g/mol. The van der Waals surface area contributed by atoms with Crippen LogP contribution in [0.15, 0.2) is 72.8 Å². The van der Waals surface area contributed by atoms with Crippen molar-refractivity contribution in [2.24, 2.45) is 0 Å². The zero-order valence-corrected chi connectivity index (χ0v) is 26.0. The van der Waals surface area contributed by atoms with Crippen LogP contribution in [0.1, 0.15) is 47.8 Å². The van der Waals surface area contributed by atoms with E-state index in [-0.39, 0.29) is 24.0 Å². The lowest BCUT2D eigenvalue weighted by atomic mass is 9.83. The van der Waals surface area contributed by atoms with E-state index in [9.17, 15) is 4.79 Å². The van der Waals surface area contributed by atoms with E-state index < -0.39 is 0 Å². The van der Waals surface area contributed by atoms with Crippen LogP contribution in [0.5, 0.6) is 11.5 Å². The Morgan fingerprint density at radius 2 is 1.84 bits per heavy atom. The van der Waals surface area contributed by atoms with Crippen molar-refractivity contribution in [2.75, 3.05) is 65.1 Å². The summed E-state index contributed by atoms with van der Waals surface area (Å²) in [6.45, 7) is 5.91. The molecule has 234 valence electrons. The van der Waals surface area contributed by atoms with Crippen molar-refractivity contribution in [3.8, 4) is 11.5 Å². The minimum Gasteiger partial charge on any atom is -0.497 e. The SMILES string of the molecule is COCCCN1CCOc2ccc(CO[C@H]3CN[C@@H](C(=O)N4CC[C@H](c5ccccc5)C4)C[C@@H]3c3ccc(OC)cc3)cc21. The highest BCUT2D eigenvalue weighted by Gasteiger charge is 2.38. The third kappa shape index (κ3) is 7.04. The van der Waals surface area contributed by atoms with Gasteiger partial charge in [0.1, 0.15) is 18.1 Å². The molecule has 0 bridgehead atoms. The Kier molecular flexibility index (Phi) is 10.0. The highest BCUT2D eigenvalue weighted by Crippen LogP contribution is 2.36. The molecule has 8 nitrogen and oxygen atoms in total. The van der Waals surface area contributed by atoms with Gasteiger partial charge >= 0.3 is 0 Å². The Morgan fingerprint density at radius 3 is 2.64 bits per heavy atom. The molecule has 2 fully saturated rings. The maximum atomic E-state index is 13.8. The smallest absolute Gasteiger partial charge is 0.239 e. The first-order valence-corrected chi connectivity index (χ1v) is 15.9. The molecule has 8 heteroatoms. The Bertz CT molecular complexity index is 1370. The number of methoxy groups -OCH3 is 2. The molecule has 1 amide bonds. The van der Waals surface area contributed by atoms with Gasteiger partial charge in [0.2, 0.25) is 5.91 Å². The fraction of sp³-hybridized carbons (Fsp3) is 0.472. The van der Waals surface area contributed by atoms with Crippen molar-refractivity contribution >= 4 is 11.6 Å². The van der Waals surface area contributed by atoms with Crippen LogP contribution in [0.25, 0.3) is 0 Å². The van der Waals surface area contributed by atoms with Crippen LogP contribution in [0.2, 0.25) is 0 Å². The Morgan fingerprint density at radius 1 is 1.00 bits per heavy atom. The molecule has 3 aromatic rings. The van der Waals surface area contributed by atoms with Crippen LogP contribution < -0.4 is 19.7 Å². The topological polar surface area (TPSA) is 72.5 Å². The molecule has 0 unspecified atom stereocenters.